The molecule has 34 heavy (non-hydrogen) atoms. The molecule has 2 aromatic heterocycles. The lowest BCUT2D eigenvalue weighted by Gasteiger charge is -2.27. The van der Waals surface area contributed by atoms with Crippen molar-refractivity contribution in [3.63, 3.8) is 0 Å². The van der Waals surface area contributed by atoms with Crippen LogP contribution in [0.25, 0.3) is 10.2 Å². The molecule has 1 saturated heterocycles. The maximum absolute atomic E-state index is 13.9. The number of carbonyl (C=O) groups is 1. The van der Waals surface area contributed by atoms with E-state index in [0.29, 0.717) is 38.0 Å². The van der Waals surface area contributed by atoms with Gasteiger partial charge in [0, 0.05) is 30.2 Å². The number of nitrogens with zero attached hydrogens (tertiary/aromatic N) is 4. The van der Waals surface area contributed by atoms with Gasteiger partial charge in [-0.3, -0.25) is 19.1 Å². The van der Waals surface area contributed by atoms with Crippen LogP contribution in [-0.2, 0) is 41.9 Å². The Bertz CT molecular complexity index is 1310. The average molecular weight is 479 g/mol. The second kappa shape index (κ2) is 8.91. The number of carbonyl (C=O) groups excluding carboxylic acids is 1. The van der Waals surface area contributed by atoms with Crippen LogP contribution in [0.3, 0.4) is 0 Å². The summed E-state index contributed by atoms with van der Waals surface area (Å²) in [7, 11) is 0. The number of ether oxygens (including phenoxy) is 1. The van der Waals surface area contributed by atoms with Crippen molar-refractivity contribution in [2.24, 2.45) is 5.92 Å². The number of aromatic nitrogens is 2. The molecule has 3 aliphatic rings. The third-order valence-corrected chi connectivity index (χ3v) is 8.59. The van der Waals surface area contributed by atoms with Gasteiger partial charge < -0.3 is 9.64 Å². The predicted molar refractivity (Wildman–Crippen MR) is 134 cm³/mol. The summed E-state index contributed by atoms with van der Waals surface area (Å²) in [5.74, 6) is 1.27. The van der Waals surface area contributed by atoms with Crippen molar-refractivity contribution >= 4 is 33.1 Å². The van der Waals surface area contributed by atoms with Crippen LogP contribution in [-0.4, -0.2) is 53.2 Å². The number of thiophene rings is 1. The van der Waals surface area contributed by atoms with E-state index in [2.05, 4.69) is 17.9 Å². The number of rotatable bonds is 4. The van der Waals surface area contributed by atoms with Gasteiger partial charge in [0.15, 0.2) is 0 Å². The van der Waals surface area contributed by atoms with Crippen LogP contribution in [0, 0.1) is 5.92 Å². The molecule has 0 unspecified atom stereocenters. The molecule has 0 N–H and O–H groups in total. The lowest BCUT2D eigenvalue weighted by molar-refractivity contribution is -0.119. The third kappa shape index (κ3) is 3.87. The second-order valence-corrected chi connectivity index (χ2v) is 10.8. The van der Waals surface area contributed by atoms with Gasteiger partial charge in [0.05, 0.1) is 25.1 Å². The first-order valence-electron chi connectivity index (χ1n) is 12.3. The summed E-state index contributed by atoms with van der Waals surface area (Å²) in [5.41, 5.74) is 3.26. The van der Waals surface area contributed by atoms with E-state index < -0.39 is 0 Å². The molecule has 178 valence electrons. The van der Waals surface area contributed by atoms with E-state index in [-0.39, 0.29) is 18.0 Å². The molecule has 2 aliphatic heterocycles. The zero-order chi connectivity index (χ0) is 23.2. The third-order valence-electron chi connectivity index (χ3n) is 7.44. The second-order valence-electron chi connectivity index (χ2n) is 9.76. The zero-order valence-electron chi connectivity index (χ0n) is 19.6. The topological polar surface area (TPSA) is 67.7 Å². The summed E-state index contributed by atoms with van der Waals surface area (Å²) in [6.45, 7) is 6.48. The van der Waals surface area contributed by atoms with E-state index in [9.17, 15) is 9.59 Å². The van der Waals surface area contributed by atoms with Gasteiger partial charge >= 0.3 is 0 Å². The van der Waals surface area contributed by atoms with E-state index in [0.717, 1.165) is 54.7 Å². The molecule has 1 amide bonds. The van der Waals surface area contributed by atoms with Crippen molar-refractivity contribution in [3.8, 4) is 0 Å². The highest BCUT2D eigenvalue weighted by Gasteiger charge is 2.29. The fourth-order valence-electron chi connectivity index (χ4n) is 5.53. The smallest absolute Gasteiger partial charge is 0.263 e. The number of anilines is 1. The Kier molecular flexibility index (Phi) is 5.75. The Labute approximate surface area is 203 Å². The van der Waals surface area contributed by atoms with Crippen molar-refractivity contribution < 1.29 is 9.53 Å². The van der Waals surface area contributed by atoms with Gasteiger partial charge in [-0.05, 0) is 48.8 Å². The molecule has 1 aliphatic carbocycles. The monoisotopic (exact) mass is 478 g/mol. The summed E-state index contributed by atoms with van der Waals surface area (Å²) >= 11 is 1.67. The van der Waals surface area contributed by atoms with Crippen LogP contribution in [0.2, 0.25) is 0 Å². The number of amides is 1. The molecule has 4 heterocycles. The SMILES string of the molecule is C[C@H]1CCc2c(sc3nc(CN4CCOCC4)n(CC(=O)N4CCc5ccccc54)c(=O)c23)C1. The molecule has 7 nitrogen and oxygen atoms in total. The van der Waals surface area contributed by atoms with Crippen LogP contribution in [0.5, 0.6) is 0 Å². The van der Waals surface area contributed by atoms with E-state index >= 15 is 0 Å². The first-order valence-corrected chi connectivity index (χ1v) is 13.1. The molecule has 1 atom stereocenters. The van der Waals surface area contributed by atoms with Crippen molar-refractivity contribution in [1.82, 2.24) is 14.5 Å². The Morgan fingerprint density at radius 3 is 2.85 bits per heavy atom. The first-order chi connectivity index (χ1) is 16.6. The van der Waals surface area contributed by atoms with E-state index in [4.69, 9.17) is 9.72 Å². The summed E-state index contributed by atoms with van der Waals surface area (Å²) in [6, 6.07) is 8.04. The van der Waals surface area contributed by atoms with E-state index in [1.165, 1.54) is 16.0 Å². The van der Waals surface area contributed by atoms with Gasteiger partial charge in [-0.15, -0.1) is 11.3 Å². The van der Waals surface area contributed by atoms with Gasteiger partial charge in [-0.25, -0.2) is 4.98 Å². The van der Waals surface area contributed by atoms with E-state index in [1.807, 2.05) is 23.1 Å². The number of aryl methyl sites for hydroxylation is 1. The van der Waals surface area contributed by atoms with Crippen molar-refractivity contribution in [2.45, 2.75) is 45.7 Å². The highest BCUT2D eigenvalue weighted by molar-refractivity contribution is 7.18. The minimum Gasteiger partial charge on any atom is -0.379 e. The number of para-hydroxylation sites is 1. The lowest BCUT2D eigenvalue weighted by atomic mass is 9.89. The number of morpholine rings is 1. The van der Waals surface area contributed by atoms with E-state index in [1.54, 1.807) is 15.9 Å². The van der Waals surface area contributed by atoms with Crippen LogP contribution < -0.4 is 10.5 Å². The van der Waals surface area contributed by atoms with Gasteiger partial charge in [0.2, 0.25) is 5.91 Å². The van der Waals surface area contributed by atoms with Gasteiger partial charge in [0.25, 0.3) is 5.56 Å². The van der Waals surface area contributed by atoms with Crippen LogP contribution in [0.1, 0.15) is 35.2 Å². The van der Waals surface area contributed by atoms with Crippen LogP contribution >= 0.6 is 11.3 Å². The Hall–Kier alpha value is -2.55. The average Bonchev–Trinajstić information content (AvgIpc) is 3.43. The molecule has 1 aromatic carbocycles. The normalized spacial score (nSPS) is 20.5. The molecular formula is C26H30N4O3S. The van der Waals surface area contributed by atoms with Gasteiger partial charge in [-0.2, -0.15) is 0 Å². The molecule has 0 saturated carbocycles. The molecule has 0 spiro atoms. The number of hydrogen-bond donors (Lipinski definition) is 0. The van der Waals surface area contributed by atoms with Crippen LogP contribution in [0.4, 0.5) is 5.69 Å². The van der Waals surface area contributed by atoms with Crippen LogP contribution in [0.15, 0.2) is 29.1 Å². The summed E-state index contributed by atoms with van der Waals surface area (Å²) < 4.78 is 7.16. The molecule has 3 aromatic rings. The maximum atomic E-state index is 13.9. The quantitative estimate of drug-likeness (QED) is 0.577. The van der Waals surface area contributed by atoms with Crippen molar-refractivity contribution in [1.29, 1.82) is 0 Å². The van der Waals surface area contributed by atoms with Gasteiger partial charge in [-0.1, -0.05) is 25.1 Å². The Morgan fingerprint density at radius 1 is 1.18 bits per heavy atom. The molecular weight excluding hydrogens is 448 g/mol. The van der Waals surface area contributed by atoms with Crippen molar-refractivity contribution in [2.75, 3.05) is 37.7 Å². The fourth-order valence-corrected chi connectivity index (χ4v) is 6.92. The zero-order valence-corrected chi connectivity index (χ0v) is 20.4. The maximum Gasteiger partial charge on any atom is 0.263 e. The number of fused-ring (bicyclic) bond motifs is 4. The molecule has 6 rings (SSSR count). The fraction of sp³-hybridized carbons (Fsp3) is 0.500. The molecule has 0 radical (unpaired) electrons. The number of hydrogen-bond acceptors (Lipinski definition) is 6. The van der Waals surface area contributed by atoms with Crippen molar-refractivity contribution in [3.05, 3.63) is 56.4 Å². The molecule has 1 fully saturated rings. The predicted octanol–water partition coefficient (Wildman–Crippen LogP) is 3.00. The Morgan fingerprint density at radius 2 is 2.00 bits per heavy atom. The highest BCUT2D eigenvalue weighted by atomic mass is 32.1. The summed E-state index contributed by atoms with van der Waals surface area (Å²) in [4.78, 5) is 38.6. The minimum atomic E-state index is -0.0545. The highest BCUT2D eigenvalue weighted by Crippen LogP contribution is 2.36. The first kappa shape index (κ1) is 21.9. The summed E-state index contributed by atoms with van der Waals surface area (Å²) in [5, 5.41) is 0.743. The minimum absolute atomic E-state index is 0.0246. The lowest BCUT2D eigenvalue weighted by Crippen LogP contribution is -2.40. The van der Waals surface area contributed by atoms with Gasteiger partial charge in [0.1, 0.15) is 17.2 Å². The standard InChI is InChI=1S/C26H30N4O3S/c1-17-6-7-19-21(14-17)34-25-24(19)26(32)30(22(27-25)15-28-10-12-33-13-11-28)16-23(31)29-9-8-18-4-2-3-5-20(18)29/h2-5,17H,6-16H2,1H3/t17-/m0/s1. The number of benzene rings is 1. The molecule has 0 bridgehead atoms. The Balaban J connectivity index is 1.40. The molecule has 8 heteroatoms. The largest absolute Gasteiger partial charge is 0.379 e. The summed E-state index contributed by atoms with van der Waals surface area (Å²) in [6.07, 6.45) is 3.88.